The summed E-state index contributed by atoms with van der Waals surface area (Å²) >= 11 is 0. The maximum Gasteiger partial charge on any atom is 0.407 e. The Balaban J connectivity index is 1.31. The highest BCUT2D eigenvalue weighted by molar-refractivity contribution is 5.87. The average Bonchev–Trinajstić information content (AvgIpc) is 3.47. The maximum absolute atomic E-state index is 12.5. The molecule has 7 nitrogen and oxygen atoms in total. The van der Waals surface area contributed by atoms with Crippen molar-refractivity contribution in [2.75, 3.05) is 13.2 Å². The lowest BCUT2D eigenvalue weighted by Gasteiger charge is -2.19. The molecule has 2 aromatic rings. The smallest absolute Gasteiger partial charge is 0.407 e. The van der Waals surface area contributed by atoms with Gasteiger partial charge < -0.3 is 20.5 Å². The van der Waals surface area contributed by atoms with Crippen molar-refractivity contribution in [2.24, 2.45) is 5.41 Å². The Hall–Kier alpha value is -3.35. The number of ether oxygens (including phenoxy) is 1. The van der Waals surface area contributed by atoms with Crippen LogP contribution in [-0.4, -0.2) is 42.3 Å². The number of alkyl carbamates (subject to hydrolysis) is 1. The van der Waals surface area contributed by atoms with Crippen molar-refractivity contribution in [1.82, 2.24) is 10.6 Å². The molecule has 2 aliphatic rings. The molecular weight excluding hydrogens is 396 g/mol. The zero-order valence-electron chi connectivity index (χ0n) is 17.4. The minimum absolute atomic E-state index is 0.0202. The van der Waals surface area contributed by atoms with Gasteiger partial charge in [-0.25, -0.2) is 4.79 Å². The Morgan fingerprint density at radius 1 is 1.06 bits per heavy atom. The van der Waals surface area contributed by atoms with Gasteiger partial charge in [-0.05, 0) is 42.0 Å². The highest BCUT2D eigenvalue weighted by Crippen LogP contribution is 2.46. The molecule has 0 saturated heterocycles. The third-order valence-electron chi connectivity index (χ3n) is 6.11. The summed E-state index contributed by atoms with van der Waals surface area (Å²) in [5, 5.41) is 14.3. The molecule has 0 spiro atoms. The Labute approximate surface area is 180 Å². The summed E-state index contributed by atoms with van der Waals surface area (Å²) in [6.45, 7) is 2.05. The molecule has 4 rings (SSSR count). The number of benzene rings is 2. The number of carbonyl (C=O) groups is 3. The first-order valence-corrected chi connectivity index (χ1v) is 10.5. The molecule has 162 valence electrons. The average molecular weight is 422 g/mol. The minimum atomic E-state index is -0.964. The van der Waals surface area contributed by atoms with Crippen molar-refractivity contribution >= 4 is 18.0 Å². The van der Waals surface area contributed by atoms with Crippen molar-refractivity contribution in [1.29, 1.82) is 0 Å². The summed E-state index contributed by atoms with van der Waals surface area (Å²) in [4.78, 5) is 35.6. The molecule has 0 heterocycles. The molecular formula is C24H26N2O5. The highest BCUT2D eigenvalue weighted by Gasteiger charge is 2.50. The highest BCUT2D eigenvalue weighted by atomic mass is 16.5. The second-order valence-electron chi connectivity index (χ2n) is 8.43. The van der Waals surface area contributed by atoms with E-state index in [-0.39, 0.29) is 31.4 Å². The molecule has 0 bridgehead atoms. The predicted molar refractivity (Wildman–Crippen MR) is 115 cm³/mol. The van der Waals surface area contributed by atoms with Crippen LogP contribution in [0.5, 0.6) is 0 Å². The first kappa shape index (κ1) is 20.9. The van der Waals surface area contributed by atoms with Crippen LogP contribution in [0.15, 0.2) is 48.5 Å². The van der Waals surface area contributed by atoms with E-state index in [2.05, 4.69) is 34.9 Å². The number of rotatable bonds is 8. The van der Waals surface area contributed by atoms with Crippen LogP contribution < -0.4 is 10.6 Å². The van der Waals surface area contributed by atoms with Gasteiger partial charge in [0, 0.05) is 18.5 Å². The number of carboxylic acids is 1. The van der Waals surface area contributed by atoms with Gasteiger partial charge in [-0.3, -0.25) is 9.59 Å². The lowest BCUT2D eigenvalue weighted by atomic mass is 9.98. The van der Waals surface area contributed by atoms with Gasteiger partial charge in [0.1, 0.15) is 6.61 Å². The van der Waals surface area contributed by atoms with Crippen molar-refractivity contribution < 1.29 is 24.2 Å². The van der Waals surface area contributed by atoms with E-state index < -0.39 is 23.5 Å². The van der Waals surface area contributed by atoms with Crippen molar-refractivity contribution in [3.63, 3.8) is 0 Å². The van der Waals surface area contributed by atoms with E-state index in [0.29, 0.717) is 12.8 Å². The number of aliphatic carboxylic acids is 1. The van der Waals surface area contributed by atoms with E-state index in [0.717, 1.165) is 22.3 Å². The Morgan fingerprint density at radius 2 is 1.65 bits per heavy atom. The largest absolute Gasteiger partial charge is 0.481 e. The summed E-state index contributed by atoms with van der Waals surface area (Å²) < 4.78 is 5.52. The van der Waals surface area contributed by atoms with Crippen LogP contribution in [0.3, 0.4) is 0 Å². The molecule has 0 radical (unpaired) electrons. The molecule has 2 aromatic carbocycles. The summed E-state index contributed by atoms with van der Waals surface area (Å²) in [7, 11) is 0. The molecule has 2 aliphatic carbocycles. The van der Waals surface area contributed by atoms with Gasteiger partial charge in [0.15, 0.2) is 0 Å². The molecule has 0 aliphatic heterocycles. The number of hydrogen-bond donors (Lipinski definition) is 3. The van der Waals surface area contributed by atoms with E-state index in [1.807, 2.05) is 24.3 Å². The first-order valence-electron chi connectivity index (χ1n) is 10.5. The minimum Gasteiger partial charge on any atom is -0.481 e. The predicted octanol–water partition coefficient (Wildman–Crippen LogP) is 3.28. The van der Waals surface area contributed by atoms with Gasteiger partial charge in [-0.2, -0.15) is 0 Å². The number of hydrogen-bond acceptors (Lipinski definition) is 4. The number of carbonyl (C=O) groups excluding carboxylic acids is 2. The van der Waals surface area contributed by atoms with Crippen LogP contribution in [0.1, 0.15) is 43.2 Å². The molecule has 1 atom stereocenters. The monoisotopic (exact) mass is 422 g/mol. The fourth-order valence-corrected chi connectivity index (χ4v) is 4.22. The van der Waals surface area contributed by atoms with Gasteiger partial charge in [-0.15, -0.1) is 0 Å². The molecule has 7 heteroatoms. The Morgan fingerprint density at radius 3 is 2.19 bits per heavy atom. The topological polar surface area (TPSA) is 105 Å². The molecule has 0 unspecified atom stereocenters. The third-order valence-corrected chi connectivity index (χ3v) is 6.11. The lowest BCUT2D eigenvalue weighted by molar-refractivity contribution is -0.137. The lowest BCUT2D eigenvalue weighted by Crippen LogP contribution is -2.44. The summed E-state index contributed by atoms with van der Waals surface area (Å²) in [6.07, 6.45) is 0.617. The summed E-state index contributed by atoms with van der Waals surface area (Å²) in [6, 6.07) is 15.8. The van der Waals surface area contributed by atoms with E-state index in [1.165, 1.54) is 0 Å². The van der Waals surface area contributed by atoms with Crippen LogP contribution in [0.25, 0.3) is 11.1 Å². The zero-order chi connectivity index (χ0) is 22.0. The van der Waals surface area contributed by atoms with Gasteiger partial charge in [-0.1, -0.05) is 48.5 Å². The van der Waals surface area contributed by atoms with Crippen molar-refractivity contribution in [2.45, 2.75) is 38.1 Å². The van der Waals surface area contributed by atoms with Crippen LogP contribution in [0.4, 0.5) is 4.79 Å². The van der Waals surface area contributed by atoms with Crippen LogP contribution in [-0.2, 0) is 14.3 Å². The molecule has 1 fully saturated rings. The van der Waals surface area contributed by atoms with Crippen molar-refractivity contribution in [3.8, 4) is 11.1 Å². The number of carboxylic acid groups (broad SMARTS) is 1. The van der Waals surface area contributed by atoms with Crippen molar-refractivity contribution in [3.05, 3.63) is 59.7 Å². The van der Waals surface area contributed by atoms with E-state index in [1.54, 1.807) is 6.92 Å². The molecule has 0 aromatic heterocycles. The van der Waals surface area contributed by atoms with Crippen LogP contribution in [0.2, 0.25) is 0 Å². The normalized spacial score (nSPS) is 16.5. The zero-order valence-corrected chi connectivity index (χ0v) is 17.4. The van der Waals surface area contributed by atoms with E-state index in [4.69, 9.17) is 9.84 Å². The molecule has 1 saturated carbocycles. The van der Waals surface area contributed by atoms with E-state index >= 15 is 0 Å². The summed E-state index contributed by atoms with van der Waals surface area (Å²) in [5.41, 5.74) is 3.94. The van der Waals surface area contributed by atoms with Crippen LogP contribution >= 0.6 is 0 Å². The number of nitrogens with one attached hydrogen (secondary N) is 2. The second kappa shape index (κ2) is 8.41. The fourth-order valence-electron chi connectivity index (χ4n) is 4.22. The fraction of sp³-hybridized carbons (Fsp3) is 0.375. The Bertz CT molecular complexity index is 969. The third kappa shape index (κ3) is 4.40. The first-order chi connectivity index (χ1) is 14.9. The molecule has 31 heavy (non-hydrogen) atoms. The van der Waals surface area contributed by atoms with Gasteiger partial charge >= 0.3 is 12.1 Å². The van der Waals surface area contributed by atoms with Gasteiger partial charge in [0.25, 0.3) is 0 Å². The second-order valence-corrected chi connectivity index (χ2v) is 8.43. The number of fused-ring (bicyclic) bond motifs is 3. The van der Waals surface area contributed by atoms with Crippen LogP contribution in [0, 0.1) is 5.41 Å². The quantitative estimate of drug-likeness (QED) is 0.606. The summed E-state index contributed by atoms with van der Waals surface area (Å²) in [5.74, 6) is -1.21. The van der Waals surface area contributed by atoms with Gasteiger partial charge in [0.05, 0.1) is 11.8 Å². The SMILES string of the molecule is C[C@@H](CC(=O)O)NC(=O)C1(CNC(=O)OCC2c3ccccc3-c3ccccc32)CC1. The van der Waals surface area contributed by atoms with Gasteiger partial charge in [0.2, 0.25) is 5.91 Å². The number of amides is 2. The Kier molecular flexibility index (Phi) is 5.67. The molecule has 3 N–H and O–H groups in total. The standard InChI is InChI=1S/C24H26N2O5/c1-15(12-21(27)28)26-22(29)24(10-11-24)14-25-23(30)31-13-20-18-8-4-2-6-16(18)17-7-3-5-9-19(17)20/h2-9,15,20H,10-14H2,1H3,(H,25,30)(H,26,29)(H,27,28)/t15-/m0/s1. The maximum atomic E-state index is 12.5. The van der Waals surface area contributed by atoms with E-state index in [9.17, 15) is 14.4 Å². The molecule has 2 amide bonds.